The van der Waals surface area contributed by atoms with Gasteiger partial charge in [0.25, 0.3) is 5.69 Å². The maximum Gasteiger partial charge on any atom is 0.277 e. The van der Waals surface area contributed by atoms with Gasteiger partial charge in [-0.3, -0.25) is 19.7 Å². The molecule has 3 heterocycles. The Hall–Kier alpha value is -2.66. The Morgan fingerprint density at radius 2 is 1.76 bits per heavy atom. The van der Waals surface area contributed by atoms with Crippen LogP contribution in [0.1, 0.15) is 41.0 Å². The minimum absolute atomic E-state index is 0.0000786. The molecular formula is C28H36N2O7Si. The number of anilines is 1. The Morgan fingerprint density at radius 1 is 1.16 bits per heavy atom. The molecule has 3 unspecified atom stereocenters. The predicted octanol–water partition coefficient (Wildman–Crippen LogP) is 4.80. The van der Waals surface area contributed by atoms with Gasteiger partial charge < -0.3 is 14.3 Å². The fraction of sp³-hybridized carbons (Fsp3) is 0.571. The Kier molecular flexibility index (Phi) is 5.96. The highest BCUT2D eigenvalue weighted by atomic mass is 28.4. The summed E-state index contributed by atoms with van der Waals surface area (Å²) in [4.78, 5) is 40.4. The molecule has 0 aliphatic carbocycles. The minimum atomic E-state index is -2.10. The molecule has 3 aliphatic rings. The number of hydrogen-bond acceptors (Lipinski definition) is 7. The highest BCUT2D eigenvalue weighted by Crippen LogP contribution is 2.64. The van der Waals surface area contributed by atoms with Crippen molar-refractivity contribution in [1.29, 1.82) is 0 Å². The number of non-ortho nitro benzene ring substituents is 1. The van der Waals surface area contributed by atoms with E-state index in [1.807, 2.05) is 6.92 Å². The lowest BCUT2D eigenvalue weighted by Gasteiger charge is -2.41. The number of nitro groups is 1. The third-order valence-corrected chi connectivity index (χ3v) is 14.2. The molecule has 2 bridgehead atoms. The summed E-state index contributed by atoms with van der Waals surface area (Å²) in [7, 11) is -2.10. The van der Waals surface area contributed by atoms with Gasteiger partial charge >= 0.3 is 0 Å². The van der Waals surface area contributed by atoms with Gasteiger partial charge in [-0.2, -0.15) is 0 Å². The van der Waals surface area contributed by atoms with Crippen molar-refractivity contribution >= 4 is 42.3 Å². The number of fused-ring (bicyclic) bond motifs is 6. The van der Waals surface area contributed by atoms with E-state index >= 15 is 0 Å². The quantitative estimate of drug-likeness (QED) is 0.242. The first-order valence-corrected chi connectivity index (χ1v) is 16.0. The summed E-state index contributed by atoms with van der Waals surface area (Å²) in [5.41, 5.74) is -2.05. The fourth-order valence-corrected chi connectivity index (χ4v) is 7.48. The minimum Gasteiger partial charge on any atom is -0.416 e. The van der Waals surface area contributed by atoms with E-state index in [1.54, 1.807) is 31.2 Å². The molecule has 0 radical (unpaired) electrons. The maximum atomic E-state index is 14.1. The van der Waals surface area contributed by atoms with Crippen molar-refractivity contribution < 1.29 is 28.8 Å². The van der Waals surface area contributed by atoms with E-state index in [-0.39, 0.29) is 23.1 Å². The standard InChI is InChI=1S/C28H36N2O7Si/c1-16(15-36-38(6,7)26(2,3)4)28-14-21(31)27(5,37-28)22-23(28)25(33)29(24(22)32)19-12-13-20(30(34)35)18-11-9-8-10-17(18)19/h8-13,16,21-23,31H,14-15H2,1-7H3/t16?,21-,22-,23+,27?,28?/m1/s1. The molecule has 10 heteroatoms. The Bertz CT molecular complexity index is 1350. The predicted molar refractivity (Wildman–Crippen MR) is 145 cm³/mol. The Balaban J connectivity index is 1.56. The van der Waals surface area contributed by atoms with Gasteiger partial charge in [0.15, 0.2) is 8.32 Å². The summed E-state index contributed by atoms with van der Waals surface area (Å²) < 4.78 is 13.0. The molecule has 2 aromatic rings. The van der Waals surface area contributed by atoms with Crippen molar-refractivity contribution in [2.24, 2.45) is 17.8 Å². The van der Waals surface area contributed by atoms with E-state index in [9.17, 15) is 24.8 Å². The lowest BCUT2D eigenvalue weighted by atomic mass is 9.63. The van der Waals surface area contributed by atoms with Crippen LogP contribution < -0.4 is 4.90 Å². The number of carbonyl (C=O) groups excluding carboxylic acids is 2. The smallest absolute Gasteiger partial charge is 0.277 e. The second-order valence-corrected chi connectivity index (χ2v) is 17.6. The first-order chi connectivity index (χ1) is 17.6. The summed E-state index contributed by atoms with van der Waals surface area (Å²) in [5, 5.41) is 23.5. The molecule has 3 aliphatic heterocycles. The number of rotatable bonds is 6. The SMILES string of the molecule is CC(CO[Si](C)(C)C(C)(C)C)C12C[C@@H](O)C(C)(O1)[C@H]1C(=O)N(c3ccc([N+](=O)[O-])c4ccccc34)C(=O)[C@H]12. The van der Waals surface area contributed by atoms with Crippen molar-refractivity contribution in [3.8, 4) is 0 Å². The molecule has 9 nitrogen and oxygen atoms in total. The van der Waals surface area contributed by atoms with Crippen LogP contribution in [0.3, 0.4) is 0 Å². The monoisotopic (exact) mass is 540 g/mol. The zero-order valence-electron chi connectivity index (χ0n) is 23.0. The van der Waals surface area contributed by atoms with E-state index in [4.69, 9.17) is 9.16 Å². The number of hydrogen-bond donors (Lipinski definition) is 1. The molecule has 3 fully saturated rings. The van der Waals surface area contributed by atoms with E-state index in [1.165, 1.54) is 12.1 Å². The van der Waals surface area contributed by atoms with Crippen molar-refractivity contribution in [2.45, 2.75) is 76.5 Å². The number of ether oxygens (including phenoxy) is 1. The van der Waals surface area contributed by atoms with Crippen LogP contribution in [-0.4, -0.2) is 54.1 Å². The summed E-state index contributed by atoms with van der Waals surface area (Å²) in [6, 6.07) is 9.50. The number of nitro benzene ring substituents is 1. The number of nitrogens with zero attached hydrogens (tertiary/aromatic N) is 2. The average Bonchev–Trinajstić information content (AvgIpc) is 3.38. The van der Waals surface area contributed by atoms with Crippen LogP contribution in [-0.2, 0) is 18.8 Å². The van der Waals surface area contributed by atoms with E-state index in [0.717, 1.165) is 4.90 Å². The van der Waals surface area contributed by atoms with Gasteiger partial charge in [-0.1, -0.05) is 45.9 Å². The highest BCUT2D eigenvalue weighted by Gasteiger charge is 2.78. The molecule has 38 heavy (non-hydrogen) atoms. The molecule has 3 saturated heterocycles. The largest absolute Gasteiger partial charge is 0.416 e. The van der Waals surface area contributed by atoms with Gasteiger partial charge in [-0.25, -0.2) is 4.90 Å². The molecule has 0 spiro atoms. The van der Waals surface area contributed by atoms with Gasteiger partial charge in [0, 0.05) is 30.4 Å². The van der Waals surface area contributed by atoms with Crippen molar-refractivity contribution in [3.63, 3.8) is 0 Å². The average molecular weight is 541 g/mol. The first kappa shape index (κ1) is 26.9. The van der Waals surface area contributed by atoms with Gasteiger partial charge in [0.05, 0.1) is 39.5 Å². The molecule has 5 rings (SSSR count). The van der Waals surface area contributed by atoms with Crippen LogP contribution in [0.25, 0.3) is 10.8 Å². The van der Waals surface area contributed by atoms with E-state index in [2.05, 4.69) is 33.9 Å². The second kappa shape index (κ2) is 8.42. The van der Waals surface area contributed by atoms with Crippen molar-refractivity contribution in [2.75, 3.05) is 11.5 Å². The van der Waals surface area contributed by atoms with Gasteiger partial charge in [0.1, 0.15) is 5.60 Å². The topological polar surface area (TPSA) is 119 Å². The molecule has 6 atom stereocenters. The van der Waals surface area contributed by atoms with Crippen LogP contribution >= 0.6 is 0 Å². The fourth-order valence-electron chi connectivity index (χ4n) is 6.38. The van der Waals surface area contributed by atoms with Crippen molar-refractivity contribution in [1.82, 2.24) is 0 Å². The third kappa shape index (κ3) is 3.53. The highest BCUT2D eigenvalue weighted by molar-refractivity contribution is 6.74. The zero-order chi connectivity index (χ0) is 28.0. The molecule has 0 aromatic heterocycles. The van der Waals surface area contributed by atoms with Gasteiger partial charge in [-0.05, 0) is 37.2 Å². The molecule has 1 N–H and O–H groups in total. The van der Waals surface area contributed by atoms with Crippen LogP contribution in [0.4, 0.5) is 11.4 Å². The number of aliphatic hydroxyl groups excluding tert-OH is 1. The van der Waals surface area contributed by atoms with Crippen LogP contribution in [0.5, 0.6) is 0 Å². The summed E-state index contributed by atoms with van der Waals surface area (Å²) in [6.45, 7) is 14.8. The number of imide groups is 1. The molecular weight excluding hydrogens is 504 g/mol. The normalized spacial score (nSPS) is 31.8. The van der Waals surface area contributed by atoms with E-state index in [0.29, 0.717) is 23.1 Å². The Morgan fingerprint density at radius 3 is 2.37 bits per heavy atom. The lowest BCUT2D eigenvalue weighted by molar-refractivity contribution is -0.383. The number of carbonyl (C=O) groups is 2. The second-order valence-electron chi connectivity index (χ2n) is 12.8. The summed E-state index contributed by atoms with van der Waals surface area (Å²) in [6.07, 6.45) is -0.676. The van der Waals surface area contributed by atoms with Crippen LogP contribution in [0.15, 0.2) is 36.4 Å². The molecule has 2 amide bonds. The number of benzene rings is 2. The van der Waals surface area contributed by atoms with Gasteiger partial charge in [-0.15, -0.1) is 0 Å². The van der Waals surface area contributed by atoms with E-state index < -0.39 is 54.2 Å². The number of amides is 2. The summed E-state index contributed by atoms with van der Waals surface area (Å²) >= 11 is 0. The molecule has 2 aromatic carbocycles. The molecule has 0 saturated carbocycles. The maximum absolute atomic E-state index is 14.1. The zero-order valence-corrected chi connectivity index (χ0v) is 24.0. The first-order valence-electron chi connectivity index (χ1n) is 13.1. The van der Waals surface area contributed by atoms with Crippen molar-refractivity contribution in [3.05, 3.63) is 46.5 Å². The lowest BCUT2D eigenvalue weighted by Crippen LogP contribution is -2.52. The third-order valence-electron chi connectivity index (χ3n) is 9.68. The van der Waals surface area contributed by atoms with Gasteiger partial charge in [0.2, 0.25) is 11.8 Å². The summed E-state index contributed by atoms with van der Waals surface area (Å²) in [5.74, 6) is -2.74. The van der Waals surface area contributed by atoms with Crippen LogP contribution in [0.2, 0.25) is 18.1 Å². The molecule has 204 valence electrons. The Labute approximate surface area is 223 Å². The number of aliphatic hydroxyl groups is 1. The van der Waals surface area contributed by atoms with Crippen LogP contribution in [0, 0.1) is 27.9 Å².